The number of benzene rings is 1. The fourth-order valence-corrected chi connectivity index (χ4v) is 2.56. The van der Waals surface area contributed by atoms with Crippen molar-refractivity contribution >= 4 is 17.5 Å². The van der Waals surface area contributed by atoms with Crippen molar-refractivity contribution in [2.45, 2.75) is 19.4 Å². The molecule has 1 aromatic rings. The molecule has 3 nitrogen and oxygen atoms in total. The maximum Gasteiger partial charge on any atom is 0.258 e. The Morgan fingerprint density at radius 1 is 1.61 bits per heavy atom. The van der Waals surface area contributed by atoms with E-state index in [0.29, 0.717) is 6.54 Å². The summed E-state index contributed by atoms with van der Waals surface area (Å²) in [4.78, 5) is 14.1. The molecule has 0 aromatic heterocycles. The average molecular weight is 271 g/mol. The molecule has 1 aliphatic rings. The molecule has 0 bridgehead atoms. The molecule has 0 radical (unpaired) electrons. The molecule has 1 atom stereocenters. The molecule has 2 rings (SSSR count). The number of nitrogens with zero attached hydrogens (tertiary/aromatic N) is 1. The van der Waals surface area contributed by atoms with E-state index in [-0.39, 0.29) is 22.5 Å². The number of nitrogens with one attached hydrogen (secondary N) is 1. The van der Waals surface area contributed by atoms with Crippen LogP contribution >= 0.6 is 11.6 Å². The Kier molecular flexibility index (Phi) is 4.19. The van der Waals surface area contributed by atoms with Crippen LogP contribution in [-0.2, 0) is 0 Å². The standard InChI is InChI=1S/C13H16ClFN2O/c1-2-17(9-6-7-16-8-9)13(18)12-10(14)4-3-5-11(12)15/h3-5,9,16H,2,6-8H2,1H3. The van der Waals surface area contributed by atoms with Gasteiger partial charge in [-0.25, -0.2) is 4.39 Å². The predicted molar refractivity (Wildman–Crippen MR) is 69.4 cm³/mol. The highest BCUT2D eigenvalue weighted by Crippen LogP contribution is 2.22. The monoisotopic (exact) mass is 270 g/mol. The summed E-state index contributed by atoms with van der Waals surface area (Å²) in [5, 5.41) is 3.37. The van der Waals surface area contributed by atoms with Gasteiger partial charge in [0.25, 0.3) is 5.91 Å². The Morgan fingerprint density at radius 2 is 2.39 bits per heavy atom. The van der Waals surface area contributed by atoms with Gasteiger partial charge in [-0.05, 0) is 32.0 Å². The number of carbonyl (C=O) groups is 1. The van der Waals surface area contributed by atoms with Crippen molar-refractivity contribution in [1.82, 2.24) is 10.2 Å². The Labute approximate surface area is 111 Å². The molecule has 1 amide bonds. The largest absolute Gasteiger partial charge is 0.334 e. The van der Waals surface area contributed by atoms with E-state index in [1.165, 1.54) is 12.1 Å². The van der Waals surface area contributed by atoms with Crippen molar-refractivity contribution in [3.63, 3.8) is 0 Å². The van der Waals surface area contributed by atoms with E-state index in [1.54, 1.807) is 11.0 Å². The fourth-order valence-electron chi connectivity index (χ4n) is 2.32. The van der Waals surface area contributed by atoms with Gasteiger partial charge in [-0.1, -0.05) is 17.7 Å². The zero-order valence-electron chi connectivity index (χ0n) is 10.2. The SMILES string of the molecule is CCN(C(=O)c1c(F)cccc1Cl)C1CCNC1. The summed E-state index contributed by atoms with van der Waals surface area (Å²) in [5.74, 6) is -0.883. The number of hydrogen-bond donors (Lipinski definition) is 1. The third-order valence-electron chi connectivity index (χ3n) is 3.25. The minimum Gasteiger partial charge on any atom is -0.334 e. The highest BCUT2D eigenvalue weighted by Gasteiger charge is 2.28. The van der Waals surface area contributed by atoms with Gasteiger partial charge in [0.1, 0.15) is 5.82 Å². The molecule has 0 aliphatic carbocycles. The summed E-state index contributed by atoms with van der Waals surface area (Å²) in [6.07, 6.45) is 0.894. The number of carbonyl (C=O) groups excluding carboxylic acids is 1. The van der Waals surface area contributed by atoms with Crippen LogP contribution in [0.3, 0.4) is 0 Å². The van der Waals surface area contributed by atoms with Crippen LogP contribution in [0.15, 0.2) is 18.2 Å². The van der Waals surface area contributed by atoms with Crippen LogP contribution in [0.5, 0.6) is 0 Å². The van der Waals surface area contributed by atoms with Gasteiger partial charge in [-0.3, -0.25) is 4.79 Å². The predicted octanol–water partition coefficient (Wildman–Crippen LogP) is 2.30. The average Bonchev–Trinajstić information content (AvgIpc) is 2.83. The second-order valence-corrected chi connectivity index (χ2v) is 4.74. The van der Waals surface area contributed by atoms with E-state index in [0.717, 1.165) is 19.5 Å². The van der Waals surface area contributed by atoms with Crippen LogP contribution in [0.25, 0.3) is 0 Å². The Morgan fingerprint density at radius 3 is 2.94 bits per heavy atom. The van der Waals surface area contributed by atoms with Crippen LogP contribution in [0.2, 0.25) is 5.02 Å². The summed E-state index contributed by atoms with van der Waals surface area (Å²) in [6, 6.07) is 4.43. The van der Waals surface area contributed by atoms with E-state index < -0.39 is 5.82 Å². The van der Waals surface area contributed by atoms with Crippen molar-refractivity contribution in [1.29, 1.82) is 0 Å². The molecule has 1 N–H and O–H groups in total. The third-order valence-corrected chi connectivity index (χ3v) is 3.57. The first-order valence-corrected chi connectivity index (χ1v) is 6.48. The van der Waals surface area contributed by atoms with E-state index in [9.17, 15) is 9.18 Å². The van der Waals surface area contributed by atoms with E-state index in [4.69, 9.17) is 11.6 Å². The van der Waals surface area contributed by atoms with Crippen LogP contribution in [0.4, 0.5) is 4.39 Å². The van der Waals surface area contributed by atoms with E-state index in [1.807, 2.05) is 6.92 Å². The zero-order valence-corrected chi connectivity index (χ0v) is 11.0. The Balaban J connectivity index is 2.28. The lowest BCUT2D eigenvalue weighted by molar-refractivity contribution is 0.0699. The van der Waals surface area contributed by atoms with Gasteiger partial charge in [-0.15, -0.1) is 0 Å². The zero-order chi connectivity index (χ0) is 13.1. The Bertz CT molecular complexity index is 426. The first-order valence-electron chi connectivity index (χ1n) is 6.10. The summed E-state index contributed by atoms with van der Waals surface area (Å²) in [5.41, 5.74) is -0.0204. The molecule has 18 heavy (non-hydrogen) atoms. The second-order valence-electron chi connectivity index (χ2n) is 4.33. The maximum atomic E-state index is 13.7. The minimum absolute atomic E-state index is 0.0204. The van der Waals surface area contributed by atoms with Crippen LogP contribution in [0, 0.1) is 5.82 Å². The van der Waals surface area contributed by atoms with E-state index in [2.05, 4.69) is 5.32 Å². The molecule has 1 unspecified atom stereocenters. The highest BCUT2D eigenvalue weighted by atomic mass is 35.5. The first-order chi connectivity index (χ1) is 8.65. The summed E-state index contributed by atoms with van der Waals surface area (Å²) >= 11 is 5.93. The number of rotatable bonds is 3. The van der Waals surface area contributed by atoms with Gasteiger partial charge in [0, 0.05) is 19.1 Å². The quantitative estimate of drug-likeness (QED) is 0.914. The number of amides is 1. The number of likely N-dealkylation sites (N-methyl/N-ethyl adjacent to an activating group) is 1. The van der Waals surface area contributed by atoms with Crippen molar-refractivity contribution in [3.8, 4) is 0 Å². The lowest BCUT2D eigenvalue weighted by atomic mass is 10.1. The maximum absolute atomic E-state index is 13.7. The minimum atomic E-state index is -0.558. The molecule has 1 aromatic carbocycles. The molecule has 5 heteroatoms. The normalized spacial score (nSPS) is 18.9. The van der Waals surface area contributed by atoms with Crippen LogP contribution in [-0.4, -0.2) is 36.5 Å². The highest BCUT2D eigenvalue weighted by molar-refractivity contribution is 6.33. The summed E-state index contributed by atoms with van der Waals surface area (Å²) in [6.45, 7) is 4.09. The van der Waals surface area contributed by atoms with Crippen LogP contribution in [0.1, 0.15) is 23.7 Å². The smallest absolute Gasteiger partial charge is 0.258 e. The van der Waals surface area contributed by atoms with Gasteiger partial charge in [0.15, 0.2) is 0 Å². The van der Waals surface area contributed by atoms with Gasteiger partial charge < -0.3 is 10.2 Å². The van der Waals surface area contributed by atoms with Crippen molar-refractivity contribution in [2.75, 3.05) is 19.6 Å². The second kappa shape index (κ2) is 5.67. The number of halogens is 2. The fraction of sp³-hybridized carbons (Fsp3) is 0.462. The van der Waals surface area contributed by atoms with Crippen molar-refractivity contribution in [2.24, 2.45) is 0 Å². The topological polar surface area (TPSA) is 32.3 Å². The van der Waals surface area contributed by atoms with Gasteiger partial charge >= 0.3 is 0 Å². The number of hydrogen-bond acceptors (Lipinski definition) is 2. The molecule has 1 fully saturated rings. The first kappa shape index (κ1) is 13.3. The molecule has 0 saturated carbocycles. The molecular formula is C13H16ClFN2O. The van der Waals surface area contributed by atoms with Gasteiger partial charge in [-0.2, -0.15) is 0 Å². The van der Waals surface area contributed by atoms with Gasteiger partial charge in [0.05, 0.1) is 10.6 Å². The van der Waals surface area contributed by atoms with Crippen molar-refractivity contribution < 1.29 is 9.18 Å². The molecule has 98 valence electrons. The lowest BCUT2D eigenvalue weighted by Crippen LogP contribution is -2.41. The van der Waals surface area contributed by atoms with Crippen LogP contribution < -0.4 is 5.32 Å². The molecular weight excluding hydrogens is 255 g/mol. The molecule has 1 saturated heterocycles. The lowest BCUT2D eigenvalue weighted by Gasteiger charge is -2.27. The van der Waals surface area contributed by atoms with Gasteiger partial charge in [0.2, 0.25) is 0 Å². The van der Waals surface area contributed by atoms with E-state index >= 15 is 0 Å². The molecule has 1 aliphatic heterocycles. The molecule has 1 heterocycles. The molecule has 0 spiro atoms. The third kappa shape index (κ3) is 2.49. The Hall–Kier alpha value is -1.13. The summed E-state index contributed by atoms with van der Waals surface area (Å²) in [7, 11) is 0. The summed E-state index contributed by atoms with van der Waals surface area (Å²) < 4.78 is 13.7. The van der Waals surface area contributed by atoms with Crippen molar-refractivity contribution in [3.05, 3.63) is 34.6 Å².